The molecule has 4 unspecified atom stereocenters. The minimum absolute atomic E-state index is 0.737. The van der Waals surface area contributed by atoms with Gasteiger partial charge < -0.3 is 0 Å². The van der Waals surface area contributed by atoms with Crippen molar-refractivity contribution in [3.63, 3.8) is 0 Å². The van der Waals surface area contributed by atoms with Crippen molar-refractivity contribution < 1.29 is 0 Å². The van der Waals surface area contributed by atoms with Crippen molar-refractivity contribution in [2.24, 2.45) is 17.8 Å². The number of rotatable bonds is 5. The molecule has 1 heteroatoms. The summed E-state index contributed by atoms with van der Waals surface area (Å²) < 4.78 is 0. The maximum absolute atomic E-state index is 8.95. The maximum atomic E-state index is 8.95. The summed E-state index contributed by atoms with van der Waals surface area (Å²) in [6.45, 7) is 2.31. The van der Waals surface area contributed by atoms with Crippen molar-refractivity contribution in [1.82, 2.24) is 0 Å². The van der Waals surface area contributed by atoms with Crippen LogP contribution in [0, 0.1) is 29.1 Å². The fourth-order valence-electron chi connectivity index (χ4n) is 5.06. The van der Waals surface area contributed by atoms with Gasteiger partial charge in [0.25, 0.3) is 0 Å². The quantitative estimate of drug-likeness (QED) is 0.574. The second kappa shape index (κ2) is 8.00. The summed E-state index contributed by atoms with van der Waals surface area (Å²) in [6.07, 6.45) is 14.3. The van der Waals surface area contributed by atoms with Crippen LogP contribution in [0.3, 0.4) is 0 Å². The Bertz CT molecular complexity index is 524. The molecule has 1 aromatic carbocycles. The van der Waals surface area contributed by atoms with Gasteiger partial charge in [-0.3, -0.25) is 0 Å². The van der Waals surface area contributed by atoms with Crippen LogP contribution < -0.4 is 0 Å². The number of unbranched alkanes of at least 4 members (excludes halogenated alkanes) is 2. The Hall–Kier alpha value is -1.29. The first-order valence-corrected chi connectivity index (χ1v) is 9.80. The van der Waals surface area contributed by atoms with Gasteiger partial charge in [-0.1, -0.05) is 51.2 Å². The zero-order valence-electron chi connectivity index (χ0n) is 14.6. The highest BCUT2D eigenvalue weighted by molar-refractivity contribution is 5.33. The summed E-state index contributed by atoms with van der Waals surface area (Å²) in [6, 6.07) is 10.6. The molecule has 124 valence electrons. The lowest BCUT2D eigenvalue weighted by molar-refractivity contribution is 0.113. The van der Waals surface area contributed by atoms with Gasteiger partial charge >= 0.3 is 0 Å². The lowest BCUT2D eigenvalue weighted by atomic mass is 9.63. The van der Waals surface area contributed by atoms with E-state index in [0.29, 0.717) is 0 Å². The molecule has 23 heavy (non-hydrogen) atoms. The highest BCUT2D eigenvalue weighted by Gasteiger charge is 2.35. The molecule has 2 saturated carbocycles. The van der Waals surface area contributed by atoms with Gasteiger partial charge in [-0.2, -0.15) is 5.26 Å². The van der Waals surface area contributed by atoms with E-state index in [1.807, 2.05) is 12.1 Å². The first kappa shape index (κ1) is 16.6. The summed E-state index contributed by atoms with van der Waals surface area (Å²) in [7, 11) is 0. The van der Waals surface area contributed by atoms with E-state index in [-0.39, 0.29) is 0 Å². The van der Waals surface area contributed by atoms with Gasteiger partial charge in [0.15, 0.2) is 0 Å². The third kappa shape index (κ3) is 4.17. The fourth-order valence-corrected chi connectivity index (χ4v) is 5.06. The second-order valence-electron chi connectivity index (χ2n) is 7.94. The van der Waals surface area contributed by atoms with E-state index >= 15 is 0 Å². The molecular formula is C22H31N. The van der Waals surface area contributed by atoms with E-state index in [9.17, 15) is 0 Å². The summed E-state index contributed by atoms with van der Waals surface area (Å²) in [5.41, 5.74) is 2.25. The van der Waals surface area contributed by atoms with E-state index < -0.39 is 0 Å². The highest BCUT2D eigenvalue weighted by atomic mass is 14.4. The smallest absolute Gasteiger partial charge is 0.0991 e. The predicted molar refractivity (Wildman–Crippen MR) is 96.2 cm³/mol. The molecular weight excluding hydrogens is 278 g/mol. The maximum Gasteiger partial charge on any atom is 0.0991 e. The monoisotopic (exact) mass is 309 g/mol. The SMILES string of the molecule is CCCCCC1CCC2CC(c3ccc(C#N)cc3)CCC2C1. The van der Waals surface area contributed by atoms with Crippen LogP contribution in [0.15, 0.2) is 24.3 Å². The lowest BCUT2D eigenvalue weighted by Gasteiger charge is -2.42. The third-order valence-corrected chi connectivity index (χ3v) is 6.45. The second-order valence-corrected chi connectivity index (χ2v) is 7.94. The first-order chi connectivity index (χ1) is 11.3. The number of nitrogens with zero attached hydrogens (tertiary/aromatic N) is 1. The van der Waals surface area contributed by atoms with E-state index in [2.05, 4.69) is 25.1 Å². The van der Waals surface area contributed by atoms with Crippen LogP contribution in [-0.2, 0) is 0 Å². The number of fused-ring (bicyclic) bond motifs is 1. The standard InChI is InChI=1S/C22H31N/c1-2-3-4-5-17-6-11-22-15-21(13-12-20(22)14-17)19-9-7-18(16-23)8-10-19/h7-10,17,20-22H,2-6,11-15H2,1H3. The predicted octanol–water partition coefficient (Wildman–Crippen LogP) is 6.44. The average Bonchev–Trinajstić information content (AvgIpc) is 2.61. The Morgan fingerprint density at radius 1 is 0.957 bits per heavy atom. The molecule has 0 spiro atoms. The van der Waals surface area contributed by atoms with Crippen molar-refractivity contribution in [3.05, 3.63) is 35.4 Å². The molecule has 1 nitrogen and oxygen atoms in total. The van der Waals surface area contributed by atoms with Crippen molar-refractivity contribution in [2.45, 2.75) is 77.0 Å². The molecule has 2 fully saturated rings. The molecule has 0 aromatic heterocycles. The largest absolute Gasteiger partial charge is 0.192 e. The Balaban J connectivity index is 1.53. The molecule has 0 N–H and O–H groups in total. The lowest BCUT2D eigenvalue weighted by Crippen LogP contribution is -2.30. The summed E-state index contributed by atoms with van der Waals surface area (Å²) in [4.78, 5) is 0. The van der Waals surface area contributed by atoms with Crippen LogP contribution in [0.25, 0.3) is 0 Å². The molecule has 0 aliphatic heterocycles. The van der Waals surface area contributed by atoms with Gasteiger partial charge in [0.2, 0.25) is 0 Å². The summed E-state index contributed by atoms with van der Waals surface area (Å²) in [5.74, 6) is 3.73. The topological polar surface area (TPSA) is 23.8 Å². The molecule has 3 rings (SSSR count). The fraction of sp³-hybridized carbons (Fsp3) is 0.682. The highest BCUT2D eigenvalue weighted by Crippen LogP contribution is 2.48. The van der Waals surface area contributed by atoms with Gasteiger partial charge in [0.05, 0.1) is 11.6 Å². The van der Waals surface area contributed by atoms with Gasteiger partial charge in [-0.25, -0.2) is 0 Å². The Morgan fingerprint density at radius 2 is 1.70 bits per heavy atom. The Kier molecular flexibility index (Phi) is 5.76. The van der Waals surface area contributed by atoms with E-state index in [0.717, 1.165) is 29.2 Å². The molecule has 1 aromatic rings. The first-order valence-electron chi connectivity index (χ1n) is 9.80. The van der Waals surface area contributed by atoms with Crippen molar-refractivity contribution in [1.29, 1.82) is 5.26 Å². The van der Waals surface area contributed by atoms with Crippen molar-refractivity contribution in [2.75, 3.05) is 0 Å². The molecule has 2 aliphatic carbocycles. The normalized spacial score (nSPS) is 30.4. The number of benzene rings is 1. The van der Waals surface area contributed by atoms with Crippen LogP contribution >= 0.6 is 0 Å². The minimum atomic E-state index is 0.737. The van der Waals surface area contributed by atoms with E-state index in [4.69, 9.17) is 5.26 Å². The van der Waals surface area contributed by atoms with Gasteiger partial charge in [0, 0.05) is 0 Å². The third-order valence-electron chi connectivity index (χ3n) is 6.45. The van der Waals surface area contributed by atoms with Gasteiger partial charge in [0.1, 0.15) is 0 Å². The molecule has 0 bridgehead atoms. The molecule has 2 aliphatic rings. The number of hydrogen-bond acceptors (Lipinski definition) is 1. The summed E-state index contributed by atoms with van der Waals surface area (Å²) >= 11 is 0. The summed E-state index contributed by atoms with van der Waals surface area (Å²) in [5, 5.41) is 8.95. The molecule has 0 radical (unpaired) electrons. The van der Waals surface area contributed by atoms with Crippen LogP contribution in [0.1, 0.15) is 88.2 Å². The van der Waals surface area contributed by atoms with E-state index in [1.165, 1.54) is 69.8 Å². The van der Waals surface area contributed by atoms with Crippen LogP contribution in [0.4, 0.5) is 0 Å². The van der Waals surface area contributed by atoms with Crippen molar-refractivity contribution in [3.8, 4) is 6.07 Å². The van der Waals surface area contributed by atoms with Crippen LogP contribution in [0.2, 0.25) is 0 Å². The van der Waals surface area contributed by atoms with Crippen LogP contribution in [-0.4, -0.2) is 0 Å². The van der Waals surface area contributed by atoms with Crippen LogP contribution in [0.5, 0.6) is 0 Å². The number of hydrogen-bond donors (Lipinski definition) is 0. The molecule has 4 atom stereocenters. The van der Waals surface area contributed by atoms with E-state index in [1.54, 1.807) is 0 Å². The zero-order valence-corrected chi connectivity index (χ0v) is 14.6. The minimum Gasteiger partial charge on any atom is -0.192 e. The molecule has 0 heterocycles. The Labute approximate surface area is 142 Å². The zero-order chi connectivity index (χ0) is 16.1. The van der Waals surface area contributed by atoms with Gasteiger partial charge in [-0.15, -0.1) is 0 Å². The van der Waals surface area contributed by atoms with Crippen molar-refractivity contribution >= 4 is 0 Å². The van der Waals surface area contributed by atoms with Gasteiger partial charge in [-0.05, 0) is 73.5 Å². The average molecular weight is 309 g/mol. The molecule has 0 amide bonds. The molecule has 0 saturated heterocycles. The Morgan fingerprint density at radius 3 is 2.43 bits per heavy atom. The number of nitriles is 1.